The number of aromatic hydroxyl groups is 1. The van der Waals surface area contributed by atoms with Crippen LogP contribution in [0, 0.1) is 0 Å². The van der Waals surface area contributed by atoms with E-state index >= 15 is 0 Å². The molecule has 3 aromatic rings. The molecule has 6 heteroatoms. The fourth-order valence-electron chi connectivity index (χ4n) is 2.67. The van der Waals surface area contributed by atoms with Crippen LogP contribution < -0.4 is 15.4 Å². The van der Waals surface area contributed by atoms with E-state index in [9.17, 15) is 14.7 Å². The van der Waals surface area contributed by atoms with E-state index in [0.717, 1.165) is 0 Å². The molecule has 0 aliphatic rings. The van der Waals surface area contributed by atoms with E-state index < -0.39 is 11.8 Å². The minimum absolute atomic E-state index is 0.0198. The number of nitrogens with one attached hydrogen (secondary N) is 2. The summed E-state index contributed by atoms with van der Waals surface area (Å²) in [4.78, 5) is 25.5. The molecule has 2 amide bonds. The first-order valence-corrected chi connectivity index (χ1v) is 8.88. The number of benzene rings is 3. The van der Waals surface area contributed by atoms with Crippen molar-refractivity contribution in [3.8, 4) is 11.5 Å². The largest absolute Gasteiger partial charge is 0.508 e. The van der Waals surface area contributed by atoms with Gasteiger partial charge in [-0.05, 0) is 36.4 Å². The molecule has 146 valence electrons. The Labute approximate surface area is 168 Å². The molecular weight excluding hydrogens is 368 g/mol. The molecule has 0 aliphatic carbocycles. The Morgan fingerprint density at radius 3 is 2.38 bits per heavy atom. The number of phenols is 1. The Morgan fingerprint density at radius 1 is 0.931 bits per heavy atom. The number of rotatable bonds is 6. The van der Waals surface area contributed by atoms with Crippen LogP contribution in [0.1, 0.15) is 15.9 Å². The van der Waals surface area contributed by atoms with Gasteiger partial charge >= 0.3 is 0 Å². The molecule has 0 saturated heterocycles. The minimum atomic E-state index is -0.536. The number of carbonyl (C=O) groups excluding carboxylic acids is 2. The maximum atomic E-state index is 12.9. The topological polar surface area (TPSA) is 87.7 Å². The maximum absolute atomic E-state index is 12.9. The highest BCUT2D eigenvalue weighted by molar-refractivity contribution is 6.10. The molecule has 0 bridgehead atoms. The first kappa shape index (κ1) is 19.7. The average Bonchev–Trinajstić information content (AvgIpc) is 2.74. The molecule has 3 N–H and O–H groups in total. The lowest BCUT2D eigenvalue weighted by Gasteiger charge is -2.12. The third-order valence-corrected chi connectivity index (χ3v) is 4.07. The number of anilines is 1. The molecule has 3 rings (SSSR count). The van der Waals surface area contributed by atoms with Gasteiger partial charge in [-0.2, -0.15) is 0 Å². The van der Waals surface area contributed by atoms with Crippen molar-refractivity contribution in [2.45, 2.75) is 0 Å². The smallest absolute Gasteiger partial charge is 0.272 e. The summed E-state index contributed by atoms with van der Waals surface area (Å²) in [5, 5.41) is 14.9. The van der Waals surface area contributed by atoms with Crippen LogP contribution in [0.4, 0.5) is 5.69 Å². The summed E-state index contributed by atoms with van der Waals surface area (Å²) < 4.78 is 5.33. The van der Waals surface area contributed by atoms with E-state index in [0.29, 0.717) is 22.6 Å². The lowest BCUT2D eigenvalue weighted by Crippen LogP contribution is -2.30. The van der Waals surface area contributed by atoms with Crippen LogP contribution in [0.15, 0.2) is 84.6 Å². The number of ether oxygens (including phenoxy) is 1. The van der Waals surface area contributed by atoms with Gasteiger partial charge in [0.1, 0.15) is 17.2 Å². The van der Waals surface area contributed by atoms with Gasteiger partial charge in [-0.3, -0.25) is 9.59 Å². The highest BCUT2D eigenvalue weighted by Crippen LogP contribution is 2.21. The first-order chi connectivity index (χ1) is 14.1. The lowest BCUT2D eigenvalue weighted by atomic mass is 10.1. The van der Waals surface area contributed by atoms with Gasteiger partial charge in [0.25, 0.3) is 11.8 Å². The summed E-state index contributed by atoms with van der Waals surface area (Å²) in [5.74, 6) is -0.376. The van der Waals surface area contributed by atoms with E-state index in [1.165, 1.54) is 25.3 Å². The third kappa shape index (κ3) is 5.23. The number of hydrogen-bond acceptors (Lipinski definition) is 4. The van der Waals surface area contributed by atoms with Gasteiger partial charge in [0.2, 0.25) is 0 Å². The second kappa shape index (κ2) is 9.23. The monoisotopic (exact) mass is 388 g/mol. The lowest BCUT2D eigenvalue weighted by molar-refractivity contribution is -0.113. The van der Waals surface area contributed by atoms with Crippen molar-refractivity contribution in [1.29, 1.82) is 0 Å². The highest BCUT2D eigenvalue weighted by Gasteiger charge is 2.16. The molecule has 6 nitrogen and oxygen atoms in total. The van der Waals surface area contributed by atoms with Gasteiger partial charge in [-0.25, -0.2) is 0 Å². The van der Waals surface area contributed by atoms with Crippen LogP contribution in [-0.2, 0) is 4.79 Å². The van der Waals surface area contributed by atoms with Crippen molar-refractivity contribution in [2.24, 2.45) is 0 Å². The summed E-state index contributed by atoms with van der Waals surface area (Å²) in [6.07, 6.45) is 1.54. The van der Waals surface area contributed by atoms with E-state index in [2.05, 4.69) is 10.6 Å². The fraction of sp³-hybridized carbons (Fsp3) is 0.0435. The van der Waals surface area contributed by atoms with Crippen LogP contribution in [-0.4, -0.2) is 24.0 Å². The normalized spacial score (nSPS) is 10.9. The van der Waals surface area contributed by atoms with Crippen molar-refractivity contribution >= 4 is 23.6 Å². The maximum Gasteiger partial charge on any atom is 0.272 e. The van der Waals surface area contributed by atoms with Crippen LogP contribution >= 0.6 is 0 Å². The van der Waals surface area contributed by atoms with Crippen molar-refractivity contribution in [3.63, 3.8) is 0 Å². The molecule has 0 spiro atoms. The molecule has 0 saturated carbocycles. The van der Waals surface area contributed by atoms with Gasteiger partial charge in [0.05, 0.1) is 7.11 Å². The summed E-state index contributed by atoms with van der Waals surface area (Å²) >= 11 is 0. The van der Waals surface area contributed by atoms with Gasteiger partial charge in [-0.15, -0.1) is 0 Å². The van der Waals surface area contributed by atoms with Gasteiger partial charge < -0.3 is 20.5 Å². The first-order valence-electron chi connectivity index (χ1n) is 8.88. The summed E-state index contributed by atoms with van der Waals surface area (Å²) in [6.45, 7) is 0. The molecule has 0 fully saturated rings. The van der Waals surface area contributed by atoms with Crippen molar-refractivity contribution in [3.05, 3.63) is 95.7 Å². The zero-order chi connectivity index (χ0) is 20.6. The highest BCUT2D eigenvalue weighted by atomic mass is 16.5. The number of methoxy groups -OCH3 is 1. The summed E-state index contributed by atoms with van der Waals surface area (Å²) in [7, 11) is 1.53. The Morgan fingerprint density at radius 2 is 1.66 bits per heavy atom. The number of para-hydroxylation sites is 1. The van der Waals surface area contributed by atoms with E-state index in [1.54, 1.807) is 60.7 Å². The van der Waals surface area contributed by atoms with Gasteiger partial charge in [-0.1, -0.05) is 42.5 Å². The second-order valence-electron chi connectivity index (χ2n) is 6.12. The molecule has 0 aromatic heterocycles. The molecule has 0 aliphatic heterocycles. The minimum Gasteiger partial charge on any atom is -0.508 e. The van der Waals surface area contributed by atoms with Gasteiger partial charge in [0, 0.05) is 22.9 Å². The van der Waals surface area contributed by atoms with E-state index in [4.69, 9.17) is 4.74 Å². The second-order valence-corrected chi connectivity index (χ2v) is 6.12. The van der Waals surface area contributed by atoms with E-state index in [-0.39, 0.29) is 11.4 Å². The molecular formula is C23H20N2O4. The molecule has 0 unspecified atom stereocenters. The van der Waals surface area contributed by atoms with Crippen LogP contribution in [0.5, 0.6) is 11.5 Å². The van der Waals surface area contributed by atoms with Crippen LogP contribution in [0.2, 0.25) is 0 Å². The quantitative estimate of drug-likeness (QED) is 0.561. The Balaban J connectivity index is 1.93. The van der Waals surface area contributed by atoms with Crippen molar-refractivity contribution in [2.75, 3.05) is 12.4 Å². The zero-order valence-electron chi connectivity index (χ0n) is 15.8. The molecule has 0 radical (unpaired) electrons. The van der Waals surface area contributed by atoms with Crippen LogP contribution in [0.25, 0.3) is 6.08 Å². The number of amides is 2. The van der Waals surface area contributed by atoms with Crippen LogP contribution in [0.3, 0.4) is 0 Å². The Hall–Kier alpha value is -4.06. The zero-order valence-corrected chi connectivity index (χ0v) is 15.8. The Bertz CT molecular complexity index is 1050. The third-order valence-electron chi connectivity index (χ3n) is 4.07. The standard InChI is InChI=1S/C23H20N2O4/c1-29-21-13-6-5-10-17(21)14-20(25-22(27)16-8-3-2-4-9-16)23(28)24-18-11-7-12-19(26)15-18/h2-15,26H,1H3,(H,24,28)(H,25,27)/b20-14+. The number of hydrogen-bond donors (Lipinski definition) is 3. The average molecular weight is 388 g/mol. The molecule has 0 atom stereocenters. The fourth-order valence-corrected chi connectivity index (χ4v) is 2.67. The van der Waals surface area contributed by atoms with E-state index in [1.807, 2.05) is 6.07 Å². The SMILES string of the molecule is COc1ccccc1/C=C(/NC(=O)c1ccccc1)C(=O)Nc1cccc(O)c1. The molecule has 0 heterocycles. The predicted octanol–water partition coefficient (Wildman–Crippen LogP) is 3.81. The Kier molecular flexibility index (Phi) is 6.27. The number of phenolic OH excluding ortho intramolecular Hbond substituents is 1. The molecule has 3 aromatic carbocycles. The molecule has 29 heavy (non-hydrogen) atoms. The summed E-state index contributed by atoms with van der Waals surface area (Å²) in [5.41, 5.74) is 1.48. The predicted molar refractivity (Wildman–Crippen MR) is 112 cm³/mol. The van der Waals surface area contributed by atoms with Crippen molar-refractivity contribution in [1.82, 2.24) is 5.32 Å². The van der Waals surface area contributed by atoms with Crippen molar-refractivity contribution < 1.29 is 19.4 Å². The van der Waals surface area contributed by atoms with Gasteiger partial charge in [0.15, 0.2) is 0 Å². The number of carbonyl (C=O) groups is 2. The summed E-state index contributed by atoms with van der Waals surface area (Å²) in [6, 6.07) is 21.9.